The molecular formula is C12H21NO2. The van der Waals surface area contributed by atoms with E-state index in [2.05, 4.69) is 18.7 Å². The summed E-state index contributed by atoms with van der Waals surface area (Å²) in [4.78, 5) is 2.28. The van der Waals surface area contributed by atoms with Crippen LogP contribution in [0.3, 0.4) is 0 Å². The fourth-order valence-corrected chi connectivity index (χ4v) is 1.93. The molecule has 0 aliphatic carbocycles. The fourth-order valence-electron chi connectivity index (χ4n) is 1.93. The molecule has 0 bridgehead atoms. The zero-order valence-electron chi connectivity index (χ0n) is 9.65. The van der Waals surface area contributed by atoms with Crippen LogP contribution < -0.4 is 0 Å². The predicted molar refractivity (Wildman–Crippen MR) is 60.6 cm³/mol. The summed E-state index contributed by atoms with van der Waals surface area (Å²) < 4.78 is 5.33. The van der Waals surface area contributed by atoms with Gasteiger partial charge in [-0.25, -0.2) is 0 Å². The molecule has 3 nitrogen and oxygen atoms in total. The highest BCUT2D eigenvalue weighted by Gasteiger charge is 2.15. The Morgan fingerprint density at radius 1 is 1.40 bits per heavy atom. The summed E-state index contributed by atoms with van der Waals surface area (Å²) >= 11 is 0. The Morgan fingerprint density at radius 3 is 2.60 bits per heavy atom. The lowest BCUT2D eigenvalue weighted by Crippen LogP contribution is -2.36. The van der Waals surface area contributed by atoms with E-state index in [1.54, 1.807) is 6.26 Å². The van der Waals surface area contributed by atoms with Crippen LogP contribution in [0.15, 0.2) is 22.8 Å². The summed E-state index contributed by atoms with van der Waals surface area (Å²) in [6.45, 7) is 6.07. The Kier molecular flexibility index (Phi) is 5.43. The van der Waals surface area contributed by atoms with E-state index in [-0.39, 0.29) is 6.61 Å². The number of nitrogens with zero attached hydrogens (tertiary/aromatic N) is 1. The lowest BCUT2D eigenvalue weighted by atomic mass is 10.1. The van der Waals surface area contributed by atoms with Gasteiger partial charge >= 0.3 is 0 Å². The molecule has 0 aromatic carbocycles. The first kappa shape index (κ1) is 12.3. The first-order valence-electron chi connectivity index (χ1n) is 5.69. The van der Waals surface area contributed by atoms with Gasteiger partial charge < -0.3 is 9.52 Å². The lowest BCUT2D eigenvalue weighted by Gasteiger charge is -2.28. The Bertz CT molecular complexity index is 242. The summed E-state index contributed by atoms with van der Waals surface area (Å²) in [5.41, 5.74) is 0. The van der Waals surface area contributed by atoms with Crippen molar-refractivity contribution in [2.24, 2.45) is 0 Å². The van der Waals surface area contributed by atoms with Crippen molar-refractivity contribution in [2.75, 3.05) is 13.2 Å². The highest BCUT2D eigenvalue weighted by molar-refractivity contribution is 4.98. The maximum Gasteiger partial charge on any atom is 0.117 e. The van der Waals surface area contributed by atoms with E-state index in [1.165, 1.54) is 0 Å². The van der Waals surface area contributed by atoms with Crippen molar-refractivity contribution in [3.8, 4) is 0 Å². The molecule has 15 heavy (non-hydrogen) atoms. The highest BCUT2D eigenvalue weighted by Crippen LogP contribution is 2.13. The Balaban J connectivity index is 2.56. The maximum atomic E-state index is 9.03. The molecule has 0 aliphatic heterocycles. The smallest absolute Gasteiger partial charge is 0.117 e. The van der Waals surface area contributed by atoms with E-state index in [1.807, 2.05) is 12.1 Å². The molecule has 0 unspecified atom stereocenters. The van der Waals surface area contributed by atoms with Crippen molar-refractivity contribution >= 4 is 0 Å². The van der Waals surface area contributed by atoms with Crippen LogP contribution >= 0.6 is 0 Å². The Labute approximate surface area is 91.7 Å². The molecule has 1 heterocycles. The van der Waals surface area contributed by atoms with Gasteiger partial charge in [0.05, 0.1) is 19.4 Å². The average Bonchev–Trinajstić information content (AvgIpc) is 2.72. The van der Waals surface area contributed by atoms with E-state index >= 15 is 0 Å². The van der Waals surface area contributed by atoms with Crippen molar-refractivity contribution in [3.63, 3.8) is 0 Å². The van der Waals surface area contributed by atoms with Crippen LogP contribution in [0.4, 0.5) is 0 Å². The van der Waals surface area contributed by atoms with Crippen LogP contribution in [0, 0.1) is 0 Å². The van der Waals surface area contributed by atoms with E-state index in [0.29, 0.717) is 12.6 Å². The predicted octanol–water partition coefficient (Wildman–Crippen LogP) is 2.26. The average molecular weight is 211 g/mol. The van der Waals surface area contributed by atoms with Gasteiger partial charge in [0.15, 0.2) is 0 Å². The van der Waals surface area contributed by atoms with Crippen molar-refractivity contribution < 1.29 is 9.52 Å². The van der Waals surface area contributed by atoms with Gasteiger partial charge in [0, 0.05) is 12.6 Å². The first-order chi connectivity index (χ1) is 7.31. The van der Waals surface area contributed by atoms with Gasteiger partial charge in [-0.2, -0.15) is 0 Å². The van der Waals surface area contributed by atoms with Crippen molar-refractivity contribution in [3.05, 3.63) is 24.2 Å². The molecule has 1 rings (SSSR count). The fraction of sp³-hybridized carbons (Fsp3) is 0.667. The number of aliphatic hydroxyl groups excluding tert-OH is 1. The molecule has 3 heteroatoms. The molecule has 0 amide bonds. The van der Waals surface area contributed by atoms with Gasteiger partial charge in [0.1, 0.15) is 5.76 Å². The van der Waals surface area contributed by atoms with E-state index in [4.69, 9.17) is 9.52 Å². The molecule has 0 fully saturated rings. The van der Waals surface area contributed by atoms with Crippen LogP contribution in [0.1, 0.15) is 32.4 Å². The largest absolute Gasteiger partial charge is 0.468 e. The SMILES string of the molecule is CCC(CC)N(CCO)Cc1ccco1. The molecule has 0 saturated carbocycles. The standard InChI is InChI=1S/C12H21NO2/c1-3-11(4-2)13(7-8-14)10-12-6-5-9-15-12/h5-6,9,11,14H,3-4,7-8,10H2,1-2H3. The molecule has 0 radical (unpaired) electrons. The molecule has 0 saturated heterocycles. The molecule has 0 atom stereocenters. The minimum Gasteiger partial charge on any atom is -0.468 e. The van der Waals surface area contributed by atoms with Crippen LogP contribution in [-0.4, -0.2) is 29.2 Å². The number of hydrogen-bond donors (Lipinski definition) is 1. The molecular weight excluding hydrogens is 190 g/mol. The lowest BCUT2D eigenvalue weighted by molar-refractivity contribution is 0.128. The topological polar surface area (TPSA) is 36.6 Å². The van der Waals surface area contributed by atoms with Crippen molar-refractivity contribution in [1.82, 2.24) is 4.90 Å². The Hall–Kier alpha value is -0.800. The first-order valence-corrected chi connectivity index (χ1v) is 5.69. The van der Waals surface area contributed by atoms with Gasteiger partial charge in [-0.05, 0) is 25.0 Å². The van der Waals surface area contributed by atoms with Crippen molar-refractivity contribution in [2.45, 2.75) is 39.3 Å². The van der Waals surface area contributed by atoms with E-state index < -0.39 is 0 Å². The second kappa shape index (κ2) is 6.64. The normalized spacial score (nSPS) is 11.5. The van der Waals surface area contributed by atoms with E-state index in [9.17, 15) is 0 Å². The molecule has 0 spiro atoms. The number of aliphatic hydroxyl groups is 1. The summed E-state index contributed by atoms with van der Waals surface area (Å²) in [5.74, 6) is 0.968. The monoisotopic (exact) mass is 211 g/mol. The minimum atomic E-state index is 0.206. The van der Waals surface area contributed by atoms with Crippen LogP contribution in [0.25, 0.3) is 0 Å². The zero-order chi connectivity index (χ0) is 11.1. The second-order valence-corrected chi connectivity index (χ2v) is 3.74. The Morgan fingerprint density at radius 2 is 2.13 bits per heavy atom. The third-order valence-corrected chi connectivity index (χ3v) is 2.79. The van der Waals surface area contributed by atoms with Crippen LogP contribution in [-0.2, 0) is 6.54 Å². The molecule has 1 aromatic heterocycles. The summed E-state index contributed by atoms with van der Waals surface area (Å²) in [7, 11) is 0. The second-order valence-electron chi connectivity index (χ2n) is 3.74. The zero-order valence-corrected chi connectivity index (χ0v) is 9.65. The number of hydrogen-bond acceptors (Lipinski definition) is 3. The minimum absolute atomic E-state index is 0.206. The van der Waals surface area contributed by atoms with Crippen LogP contribution in [0.2, 0.25) is 0 Å². The molecule has 1 N–H and O–H groups in total. The van der Waals surface area contributed by atoms with E-state index in [0.717, 1.165) is 25.1 Å². The molecule has 86 valence electrons. The quantitative estimate of drug-likeness (QED) is 0.751. The third kappa shape index (κ3) is 3.68. The summed E-state index contributed by atoms with van der Waals surface area (Å²) in [5, 5.41) is 9.03. The molecule has 0 aliphatic rings. The van der Waals surface area contributed by atoms with Crippen molar-refractivity contribution in [1.29, 1.82) is 0 Å². The number of furan rings is 1. The third-order valence-electron chi connectivity index (χ3n) is 2.79. The maximum absolute atomic E-state index is 9.03. The summed E-state index contributed by atoms with van der Waals surface area (Å²) in [6.07, 6.45) is 3.91. The van der Waals surface area contributed by atoms with Gasteiger partial charge in [-0.3, -0.25) is 4.90 Å². The van der Waals surface area contributed by atoms with Gasteiger partial charge in [0.25, 0.3) is 0 Å². The van der Waals surface area contributed by atoms with Gasteiger partial charge in [-0.15, -0.1) is 0 Å². The van der Waals surface area contributed by atoms with Gasteiger partial charge in [-0.1, -0.05) is 13.8 Å². The summed E-state index contributed by atoms with van der Waals surface area (Å²) in [6, 6.07) is 4.41. The highest BCUT2D eigenvalue weighted by atomic mass is 16.3. The number of rotatable bonds is 7. The van der Waals surface area contributed by atoms with Crippen LogP contribution in [0.5, 0.6) is 0 Å². The van der Waals surface area contributed by atoms with Gasteiger partial charge in [0.2, 0.25) is 0 Å². The molecule has 1 aromatic rings.